The summed E-state index contributed by atoms with van der Waals surface area (Å²) in [5.74, 6) is 1.45. The number of primary amides is 1. The number of fused-ring (bicyclic) bond motifs is 1. The molecule has 0 bridgehead atoms. The summed E-state index contributed by atoms with van der Waals surface area (Å²) < 4.78 is 16.1. The minimum absolute atomic E-state index is 0.143. The van der Waals surface area contributed by atoms with Crippen molar-refractivity contribution in [2.24, 2.45) is 5.73 Å². The van der Waals surface area contributed by atoms with Crippen molar-refractivity contribution in [3.63, 3.8) is 0 Å². The van der Waals surface area contributed by atoms with Gasteiger partial charge < -0.3 is 25.3 Å². The summed E-state index contributed by atoms with van der Waals surface area (Å²) >= 11 is 0. The Balaban J connectivity index is 1.78. The summed E-state index contributed by atoms with van der Waals surface area (Å²) in [4.78, 5) is 10.8. The van der Waals surface area contributed by atoms with Crippen LogP contribution in [0.3, 0.4) is 0 Å². The summed E-state index contributed by atoms with van der Waals surface area (Å²) in [6, 6.07) is 4.22. The SMILES string of the molecule is NC(=O)COc1cc2c(cc1CNC1CC1)OCO2. The molecule has 6 nitrogen and oxygen atoms in total. The van der Waals surface area contributed by atoms with Crippen molar-refractivity contribution in [2.45, 2.75) is 25.4 Å². The normalized spacial score (nSPS) is 16.4. The highest BCUT2D eigenvalue weighted by Gasteiger charge is 2.23. The van der Waals surface area contributed by atoms with Crippen LogP contribution in [-0.2, 0) is 11.3 Å². The van der Waals surface area contributed by atoms with E-state index >= 15 is 0 Å². The molecule has 1 heterocycles. The smallest absolute Gasteiger partial charge is 0.255 e. The molecule has 1 aliphatic heterocycles. The molecule has 19 heavy (non-hydrogen) atoms. The van der Waals surface area contributed by atoms with Gasteiger partial charge in [-0.3, -0.25) is 4.79 Å². The number of ether oxygens (including phenoxy) is 3. The quantitative estimate of drug-likeness (QED) is 0.783. The molecule has 0 unspecified atom stereocenters. The summed E-state index contributed by atoms with van der Waals surface area (Å²) in [5.41, 5.74) is 6.04. The highest BCUT2D eigenvalue weighted by atomic mass is 16.7. The third kappa shape index (κ3) is 2.90. The van der Waals surface area contributed by atoms with Gasteiger partial charge in [0, 0.05) is 24.2 Å². The number of hydrogen-bond acceptors (Lipinski definition) is 5. The molecule has 1 aromatic carbocycles. The molecule has 0 radical (unpaired) electrons. The third-order valence-corrected chi connectivity index (χ3v) is 3.08. The Morgan fingerprint density at radius 3 is 2.79 bits per heavy atom. The van der Waals surface area contributed by atoms with Gasteiger partial charge >= 0.3 is 0 Å². The summed E-state index contributed by atoms with van der Waals surface area (Å²) in [5, 5.41) is 3.40. The lowest BCUT2D eigenvalue weighted by Crippen LogP contribution is -2.21. The lowest BCUT2D eigenvalue weighted by Gasteiger charge is -2.12. The summed E-state index contributed by atoms with van der Waals surface area (Å²) in [7, 11) is 0. The fraction of sp³-hybridized carbons (Fsp3) is 0.462. The van der Waals surface area contributed by atoms with E-state index in [9.17, 15) is 4.79 Å². The van der Waals surface area contributed by atoms with E-state index in [0.29, 0.717) is 29.8 Å². The first-order valence-corrected chi connectivity index (χ1v) is 6.29. The molecule has 0 atom stereocenters. The van der Waals surface area contributed by atoms with E-state index in [-0.39, 0.29) is 13.4 Å². The number of nitrogens with two attached hydrogens (primary N) is 1. The van der Waals surface area contributed by atoms with Gasteiger partial charge in [0.1, 0.15) is 5.75 Å². The Hall–Kier alpha value is -1.95. The number of carbonyl (C=O) groups is 1. The van der Waals surface area contributed by atoms with Crippen molar-refractivity contribution in [1.29, 1.82) is 0 Å². The van der Waals surface area contributed by atoms with E-state index in [0.717, 1.165) is 5.56 Å². The van der Waals surface area contributed by atoms with Crippen LogP contribution < -0.4 is 25.3 Å². The zero-order valence-corrected chi connectivity index (χ0v) is 10.5. The van der Waals surface area contributed by atoms with Crippen LogP contribution in [0.15, 0.2) is 12.1 Å². The first-order valence-electron chi connectivity index (χ1n) is 6.29. The fourth-order valence-electron chi connectivity index (χ4n) is 1.93. The van der Waals surface area contributed by atoms with Gasteiger partial charge in [0.25, 0.3) is 5.91 Å². The number of hydrogen-bond donors (Lipinski definition) is 2. The monoisotopic (exact) mass is 264 g/mol. The molecule has 0 spiro atoms. The lowest BCUT2D eigenvalue weighted by atomic mass is 10.1. The topological polar surface area (TPSA) is 82.8 Å². The van der Waals surface area contributed by atoms with Gasteiger partial charge in [-0.1, -0.05) is 0 Å². The molecular weight excluding hydrogens is 248 g/mol. The average molecular weight is 264 g/mol. The fourth-order valence-corrected chi connectivity index (χ4v) is 1.93. The molecule has 1 aliphatic carbocycles. The van der Waals surface area contributed by atoms with Crippen LogP contribution in [0.2, 0.25) is 0 Å². The Morgan fingerprint density at radius 2 is 2.11 bits per heavy atom. The first-order chi connectivity index (χ1) is 9.22. The second-order valence-corrected chi connectivity index (χ2v) is 4.72. The highest BCUT2D eigenvalue weighted by molar-refractivity contribution is 5.75. The van der Waals surface area contributed by atoms with Crippen molar-refractivity contribution in [2.75, 3.05) is 13.4 Å². The van der Waals surface area contributed by atoms with E-state index in [2.05, 4.69) is 5.32 Å². The van der Waals surface area contributed by atoms with Gasteiger partial charge in [0.05, 0.1) is 0 Å². The number of rotatable bonds is 6. The van der Waals surface area contributed by atoms with Crippen LogP contribution in [-0.4, -0.2) is 25.3 Å². The van der Waals surface area contributed by atoms with Crippen LogP contribution in [0.4, 0.5) is 0 Å². The van der Waals surface area contributed by atoms with Crippen LogP contribution in [0.1, 0.15) is 18.4 Å². The summed E-state index contributed by atoms with van der Waals surface area (Å²) in [6.07, 6.45) is 2.42. The molecule has 2 aliphatic rings. The predicted octanol–water partition coefficient (Wildman–Crippen LogP) is 0.531. The van der Waals surface area contributed by atoms with Crippen LogP contribution in [0.5, 0.6) is 17.2 Å². The maximum absolute atomic E-state index is 10.8. The molecule has 3 rings (SSSR count). The maximum atomic E-state index is 10.8. The molecule has 1 fully saturated rings. The average Bonchev–Trinajstić information content (AvgIpc) is 3.10. The molecule has 0 saturated heterocycles. The van der Waals surface area contributed by atoms with E-state index < -0.39 is 5.91 Å². The Bertz CT molecular complexity index is 500. The maximum Gasteiger partial charge on any atom is 0.255 e. The second-order valence-electron chi connectivity index (χ2n) is 4.72. The van der Waals surface area contributed by atoms with Gasteiger partial charge in [0.15, 0.2) is 18.1 Å². The van der Waals surface area contributed by atoms with Gasteiger partial charge in [-0.25, -0.2) is 0 Å². The Morgan fingerprint density at radius 1 is 1.37 bits per heavy atom. The predicted molar refractivity (Wildman–Crippen MR) is 67.1 cm³/mol. The van der Waals surface area contributed by atoms with E-state index in [4.69, 9.17) is 19.9 Å². The molecule has 1 aromatic rings. The third-order valence-electron chi connectivity index (χ3n) is 3.08. The van der Waals surface area contributed by atoms with Gasteiger partial charge in [0.2, 0.25) is 6.79 Å². The zero-order chi connectivity index (χ0) is 13.2. The van der Waals surface area contributed by atoms with Crippen LogP contribution >= 0.6 is 0 Å². The molecule has 3 N–H and O–H groups in total. The van der Waals surface area contributed by atoms with Crippen molar-refractivity contribution >= 4 is 5.91 Å². The Labute approximate surface area is 110 Å². The minimum Gasteiger partial charge on any atom is -0.483 e. The second kappa shape index (κ2) is 4.97. The summed E-state index contributed by atoms with van der Waals surface area (Å²) in [6.45, 7) is 0.746. The molecule has 1 saturated carbocycles. The number of nitrogens with one attached hydrogen (secondary N) is 1. The van der Waals surface area contributed by atoms with E-state index in [1.54, 1.807) is 6.07 Å². The van der Waals surface area contributed by atoms with Crippen LogP contribution in [0, 0.1) is 0 Å². The standard InChI is InChI=1S/C13H16N2O4/c14-13(16)6-17-10-4-12-11(18-7-19-12)3-8(10)5-15-9-1-2-9/h3-4,9,15H,1-2,5-7H2,(H2,14,16). The Kier molecular flexibility index (Phi) is 3.16. The first kappa shape index (κ1) is 12.1. The minimum atomic E-state index is -0.501. The van der Waals surface area contributed by atoms with E-state index in [1.807, 2.05) is 6.07 Å². The number of amides is 1. The molecule has 102 valence electrons. The van der Waals surface area contributed by atoms with Crippen LogP contribution in [0.25, 0.3) is 0 Å². The number of benzene rings is 1. The molecule has 0 aromatic heterocycles. The van der Waals surface area contributed by atoms with Gasteiger partial charge in [-0.15, -0.1) is 0 Å². The van der Waals surface area contributed by atoms with Crippen molar-refractivity contribution in [3.05, 3.63) is 17.7 Å². The largest absolute Gasteiger partial charge is 0.483 e. The van der Waals surface area contributed by atoms with Gasteiger partial charge in [-0.05, 0) is 18.9 Å². The van der Waals surface area contributed by atoms with Gasteiger partial charge in [-0.2, -0.15) is 0 Å². The van der Waals surface area contributed by atoms with E-state index in [1.165, 1.54) is 12.8 Å². The molecule has 1 amide bonds. The van der Waals surface area contributed by atoms with Crippen molar-refractivity contribution in [1.82, 2.24) is 5.32 Å². The molecular formula is C13H16N2O4. The lowest BCUT2D eigenvalue weighted by molar-refractivity contribution is -0.119. The number of carbonyl (C=O) groups excluding carboxylic acids is 1. The molecule has 6 heteroatoms. The zero-order valence-electron chi connectivity index (χ0n) is 10.5. The van der Waals surface area contributed by atoms with Crippen molar-refractivity contribution < 1.29 is 19.0 Å². The highest BCUT2D eigenvalue weighted by Crippen LogP contribution is 2.38. The van der Waals surface area contributed by atoms with Crippen molar-refractivity contribution in [3.8, 4) is 17.2 Å².